The molecule has 0 bridgehead atoms. The van der Waals surface area contributed by atoms with Gasteiger partial charge < -0.3 is 4.74 Å². The van der Waals surface area contributed by atoms with Crippen molar-refractivity contribution in [3.8, 4) is 5.75 Å². The first-order valence-electron chi connectivity index (χ1n) is 9.27. The fourth-order valence-electron chi connectivity index (χ4n) is 4.89. The molecule has 0 unspecified atom stereocenters. The van der Waals surface area contributed by atoms with Gasteiger partial charge in [0, 0.05) is 32.2 Å². The molecule has 3 nitrogen and oxygen atoms in total. The molecule has 27 heavy (non-hydrogen) atoms. The van der Waals surface area contributed by atoms with Gasteiger partial charge in [0.25, 0.3) is 0 Å². The normalized spacial score (nSPS) is 24.8. The van der Waals surface area contributed by atoms with Crippen molar-refractivity contribution in [2.75, 3.05) is 33.8 Å². The van der Waals surface area contributed by atoms with Gasteiger partial charge in [0.15, 0.2) is 0 Å². The number of hydrogen-bond donors (Lipinski definition) is 0. The fraction of sp³-hybridized carbons (Fsp3) is 0.455. The Morgan fingerprint density at radius 2 is 1.78 bits per heavy atom. The van der Waals surface area contributed by atoms with Crippen molar-refractivity contribution in [3.63, 3.8) is 0 Å². The van der Waals surface area contributed by atoms with Crippen LogP contribution in [0.4, 0.5) is 0 Å². The van der Waals surface area contributed by atoms with Crippen molar-refractivity contribution in [2.24, 2.45) is 11.8 Å². The summed E-state index contributed by atoms with van der Waals surface area (Å²) < 4.78 is 5.37. The van der Waals surface area contributed by atoms with Gasteiger partial charge in [-0.15, -0.1) is 24.8 Å². The molecular weight excluding hydrogens is 379 g/mol. The van der Waals surface area contributed by atoms with E-state index in [9.17, 15) is 0 Å². The lowest BCUT2D eigenvalue weighted by atomic mass is 9.88. The summed E-state index contributed by atoms with van der Waals surface area (Å²) in [7, 11) is 4.03. The highest BCUT2D eigenvalue weighted by atomic mass is 35.5. The summed E-state index contributed by atoms with van der Waals surface area (Å²) in [5, 5.41) is 0. The van der Waals surface area contributed by atoms with Gasteiger partial charge in [-0.25, -0.2) is 0 Å². The van der Waals surface area contributed by atoms with Crippen LogP contribution < -0.4 is 4.74 Å². The fourth-order valence-corrected chi connectivity index (χ4v) is 4.89. The molecule has 5 heteroatoms. The van der Waals surface area contributed by atoms with Crippen molar-refractivity contribution < 1.29 is 4.74 Å². The number of nitrogens with zero attached hydrogens (tertiary/aromatic N) is 2. The van der Waals surface area contributed by atoms with Crippen LogP contribution in [0.15, 0.2) is 48.5 Å². The quantitative estimate of drug-likeness (QED) is 0.735. The Hall–Kier alpha value is -1.26. The summed E-state index contributed by atoms with van der Waals surface area (Å²) in [6.45, 7) is 6.87. The standard InChI is InChI=1S/C22H28N2O.2ClH/c1-16-7-4-5-10-20(16)22-21-15-24(14-18(21)13-23(22)2)12-17-8-6-9-19(11-17)25-3;;/h4-11,18,21-22H,12-15H2,1-3H3;2*1H/t18-,21+,22+;;/m0../s1. The first kappa shape index (κ1) is 22.0. The minimum absolute atomic E-state index is 0. The summed E-state index contributed by atoms with van der Waals surface area (Å²) in [6.07, 6.45) is 0. The van der Waals surface area contributed by atoms with E-state index in [1.54, 1.807) is 7.11 Å². The zero-order chi connectivity index (χ0) is 17.4. The molecule has 0 aliphatic carbocycles. The topological polar surface area (TPSA) is 15.7 Å². The van der Waals surface area contributed by atoms with E-state index in [0.29, 0.717) is 6.04 Å². The maximum atomic E-state index is 5.37. The largest absolute Gasteiger partial charge is 0.497 e. The Bertz CT molecular complexity index is 755. The molecule has 0 saturated carbocycles. The molecule has 4 rings (SSSR count). The lowest BCUT2D eigenvalue weighted by Crippen LogP contribution is -2.29. The van der Waals surface area contributed by atoms with Crippen LogP contribution in [0, 0.1) is 18.8 Å². The first-order chi connectivity index (χ1) is 12.2. The van der Waals surface area contributed by atoms with Crippen molar-refractivity contribution in [1.82, 2.24) is 9.80 Å². The lowest BCUT2D eigenvalue weighted by Gasteiger charge is -2.28. The Labute approximate surface area is 175 Å². The van der Waals surface area contributed by atoms with Crippen LogP contribution in [0.25, 0.3) is 0 Å². The predicted octanol–water partition coefficient (Wildman–Crippen LogP) is 4.58. The van der Waals surface area contributed by atoms with Crippen LogP contribution in [0.5, 0.6) is 5.75 Å². The molecule has 0 N–H and O–H groups in total. The molecule has 2 aliphatic rings. The number of ether oxygens (including phenoxy) is 1. The van der Waals surface area contributed by atoms with Crippen molar-refractivity contribution in [3.05, 3.63) is 65.2 Å². The van der Waals surface area contributed by atoms with E-state index in [4.69, 9.17) is 4.74 Å². The second-order valence-corrected chi connectivity index (χ2v) is 7.71. The lowest BCUT2D eigenvalue weighted by molar-refractivity contribution is 0.224. The zero-order valence-electron chi connectivity index (χ0n) is 16.3. The minimum atomic E-state index is 0. The number of fused-ring (bicyclic) bond motifs is 1. The van der Waals surface area contributed by atoms with Crippen LogP contribution in [-0.4, -0.2) is 43.6 Å². The number of rotatable bonds is 4. The summed E-state index contributed by atoms with van der Waals surface area (Å²) in [6, 6.07) is 18.0. The number of methoxy groups -OCH3 is 1. The summed E-state index contributed by atoms with van der Waals surface area (Å²) in [5.74, 6) is 2.46. The SMILES string of the molecule is COc1cccc(CN2C[C@@H]3CN(C)[C@H](c4ccccc4C)[C@@H]3C2)c1.Cl.Cl. The summed E-state index contributed by atoms with van der Waals surface area (Å²) >= 11 is 0. The molecule has 2 saturated heterocycles. The highest BCUT2D eigenvalue weighted by Gasteiger charge is 2.46. The number of likely N-dealkylation sites (tertiary alicyclic amines) is 2. The van der Waals surface area contributed by atoms with Crippen LogP contribution in [0.1, 0.15) is 22.7 Å². The molecule has 2 aliphatic heterocycles. The molecule has 2 aromatic rings. The van der Waals surface area contributed by atoms with E-state index < -0.39 is 0 Å². The van der Waals surface area contributed by atoms with Crippen LogP contribution in [0.3, 0.4) is 0 Å². The zero-order valence-corrected chi connectivity index (χ0v) is 17.9. The average Bonchev–Trinajstić information content (AvgIpc) is 3.11. The number of aryl methyl sites for hydroxylation is 1. The number of hydrogen-bond acceptors (Lipinski definition) is 3. The molecule has 0 spiro atoms. The molecule has 2 aromatic carbocycles. The van der Waals surface area contributed by atoms with E-state index >= 15 is 0 Å². The highest BCUT2D eigenvalue weighted by Crippen LogP contribution is 2.45. The van der Waals surface area contributed by atoms with Gasteiger partial charge in [0.1, 0.15) is 5.75 Å². The molecule has 148 valence electrons. The maximum Gasteiger partial charge on any atom is 0.119 e. The minimum Gasteiger partial charge on any atom is -0.497 e. The molecule has 0 amide bonds. The molecule has 0 aromatic heterocycles. The summed E-state index contributed by atoms with van der Waals surface area (Å²) in [5.41, 5.74) is 4.28. The van der Waals surface area contributed by atoms with E-state index in [2.05, 4.69) is 66.2 Å². The van der Waals surface area contributed by atoms with Crippen LogP contribution in [-0.2, 0) is 6.54 Å². The Balaban J connectivity index is 0.00000131. The van der Waals surface area contributed by atoms with Crippen molar-refractivity contribution in [2.45, 2.75) is 19.5 Å². The molecular formula is C22H30Cl2N2O. The molecule has 3 atom stereocenters. The van der Waals surface area contributed by atoms with Crippen molar-refractivity contribution >= 4 is 24.8 Å². The van der Waals surface area contributed by atoms with Crippen LogP contribution >= 0.6 is 24.8 Å². The smallest absolute Gasteiger partial charge is 0.119 e. The van der Waals surface area contributed by atoms with Gasteiger partial charge in [-0.05, 0) is 54.6 Å². The van der Waals surface area contributed by atoms with E-state index in [1.807, 2.05) is 6.07 Å². The van der Waals surface area contributed by atoms with Gasteiger partial charge >= 0.3 is 0 Å². The predicted molar refractivity (Wildman–Crippen MR) is 116 cm³/mol. The van der Waals surface area contributed by atoms with E-state index in [1.165, 1.54) is 36.3 Å². The van der Waals surface area contributed by atoms with Crippen molar-refractivity contribution in [1.29, 1.82) is 0 Å². The van der Waals surface area contributed by atoms with Crippen LogP contribution in [0.2, 0.25) is 0 Å². The second kappa shape index (κ2) is 9.29. The Morgan fingerprint density at radius 3 is 2.52 bits per heavy atom. The third-order valence-corrected chi connectivity index (χ3v) is 6.02. The second-order valence-electron chi connectivity index (χ2n) is 7.71. The Kier molecular flexibility index (Phi) is 7.58. The first-order valence-corrected chi connectivity index (χ1v) is 9.27. The van der Waals surface area contributed by atoms with Gasteiger partial charge in [-0.2, -0.15) is 0 Å². The maximum absolute atomic E-state index is 5.37. The third kappa shape index (κ3) is 4.43. The third-order valence-electron chi connectivity index (χ3n) is 6.02. The number of benzene rings is 2. The van der Waals surface area contributed by atoms with E-state index in [-0.39, 0.29) is 24.8 Å². The van der Waals surface area contributed by atoms with Gasteiger partial charge in [0.2, 0.25) is 0 Å². The van der Waals surface area contributed by atoms with E-state index in [0.717, 1.165) is 24.1 Å². The summed E-state index contributed by atoms with van der Waals surface area (Å²) in [4.78, 5) is 5.20. The monoisotopic (exact) mass is 408 g/mol. The van der Waals surface area contributed by atoms with Gasteiger partial charge in [0.05, 0.1) is 7.11 Å². The molecule has 2 fully saturated rings. The Morgan fingerprint density at radius 1 is 1.00 bits per heavy atom. The number of halogens is 2. The van der Waals surface area contributed by atoms with Gasteiger partial charge in [-0.1, -0.05) is 36.4 Å². The van der Waals surface area contributed by atoms with Gasteiger partial charge in [-0.3, -0.25) is 9.80 Å². The highest BCUT2D eigenvalue weighted by molar-refractivity contribution is 5.85. The molecule has 2 heterocycles. The average molecular weight is 409 g/mol. The molecule has 0 radical (unpaired) electrons.